The number of aromatic nitrogens is 2. The molecule has 2 amide bonds. The van der Waals surface area contributed by atoms with E-state index in [9.17, 15) is 9.59 Å². The van der Waals surface area contributed by atoms with Gasteiger partial charge in [-0.2, -0.15) is 5.10 Å². The van der Waals surface area contributed by atoms with Crippen LogP contribution in [0.25, 0.3) is 10.9 Å². The fourth-order valence-electron chi connectivity index (χ4n) is 5.94. The molecule has 244 valence electrons. The summed E-state index contributed by atoms with van der Waals surface area (Å²) < 4.78 is 19.1. The van der Waals surface area contributed by atoms with Crippen molar-refractivity contribution >= 4 is 31.0 Å². The molecule has 0 unspecified atom stereocenters. The molecule has 3 heterocycles. The zero-order valence-electron chi connectivity index (χ0n) is 27.7. The van der Waals surface area contributed by atoms with Gasteiger partial charge >= 0.3 is 6.09 Å². The topological polar surface area (TPSA) is 98.2 Å². The predicted molar refractivity (Wildman–Crippen MR) is 178 cm³/mol. The maximum Gasteiger partial charge on any atom is 0.410 e. The third kappa shape index (κ3) is 8.32. The molecule has 10 nitrogen and oxygen atoms in total. The molecule has 2 aromatic carbocycles. The average molecular weight is 636 g/mol. The molecule has 1 N–H and O–H groups in total. The SMILES string of the molecule is Cc1cccc2c(C(C)(C)NC(=O)[C@@H]3CN(C(=O)OCc4ccccc4)CCN3CC3COC3)nn(COCC[Si](C)(C)C)c12. The van der Waals surface area contributed by atoms with Crippen molar-refractivity contribution < 1.29 is 23.8 Å². The van der Waals surface area contributed by atoms with E-state index in [2.05, 4.69) is 48.9 Å². The van der Waals surface area contributed by atoms with Crippen molar-refractivity contribution in [3.8, 4) is 0 Å². The van der Waals surface area contributed by atoms with Gasteiger partial charge in [-0.15, -0.1) is 0 Å². The summed E-state index contributed by atoms with van der Waals surface area (Å²) in [5, 5.41) is 9.32. The van der Waals surface area contributed by atoms with Gasteiger partial charge in [-0.1, -0.05) is 68.2 Å². The largest absolute Gasteiger partial charge is 0.445 e. The highest BCUT2D eigenvalue weighted by atomic mass is 28.3. The van der Waals surface area contributed by atoms with Crippen molar-refractivity contribution in [2.24, 2.45) is 5.92 Å². The van der Waals surface area contributed by atoms with Crippen LogP contribution in [0.1, 0.15) is 30.7 Å². The van der Waals surface area contributed by atoms with Crippen LogP contribution < -0.4 is 5.32 Å². The van der Waals surface area contributed by atoms with Gasteiger partial charge in [0.05, 0.1) is 30.0 Å². The third-order valence-electron chi connectivity index (χ3n) is 8.67. The number of nitrogens with zero attached hydrogens (tertiary/aromatic N) is 4. The van der Waals surface area contributed by atoms with Crippen LogP contribution >= 0.6 is 0 Å². The summed E-state index contributed by atoms with van der Waals surface area (Å²) in [6.07, 6.45) is -0.406. The van der Waals surface area contributed by atoms with Crippen molar-refractivity contribution in [3.05, 3.63) is 65.4 Å². The number of carbonyl (C=O) groups excluding carboxylic acids is 2. The molecule has 1 atom stereocenters. The first-order valence-electron chi connectivity index (χ1n) is 16.0. The number of benzene rings is 2. The molecule has 11 heteroatoms. The van der Waals surface area contributed by atoms with Gasteiger partial charge in [-0.25, -0.2) is 9.48 Å². The molecule has 2 aliphatic heterocycles. The molecule has 3 aromatic rings. The van der Waals surface area contributed by atoms with Gasteiger partial charge in [0, 0.05) is 52.2 Å². The summed E-state index contributed by atoms with van der Waals surface area (Å²) in [5.74, 6) is 0.246. The van der Waals surface area contributed by atoms with E-state index in [1.165, 1.54) is 0 Å². The fourth-order valence-corrected chi connectivity index (χ4v) is 6.69. The standard InChI is InChI=1S/C34H49N5O5Si/c1-25-11-10-14-28-30(25)39(24-42-17-18-45(4,5)6)36-31(28)34(2,3)35-32(40)29-20-38(16-15-37(29)19-27-21-43-22-27)33(41)44-23-26-12-8-7-9-13-26/h7-14,27,29H,15-24H2,1-6H3,(H,35,40)/t29-/m0/s1. The second-order valence-electron chi connectivity index (χ2n) is 14.2. The monoisotopic (exact) mass is 635 g/mol. The minimum atomic E-state index is -1.21. The number of amides is 2. The summed E-state index contributed by atoms with van der Waals surface area (Å²) in [4.78, 5) is 31.1. The van der Waals surface area contributed by atoms with Crippen molar-refractivity contribution in [1.82, 2.24) is 24.9 Å². The predicted octanol–water partition coefficient (Wildman–Crippen LogP) is 4.98. The van der Waals surface area contributed by atoms with Crippen LogP contribution in [0.3, 0.4) is 0 Å². The van der Waals surface area contributed by atoms with Gasteiger partial charge in [0.25, 0.3) is 0 Å². The normalized spacial score (nSPS) is 18.2. The smallest absolute Gasteiger partial charge is 0.410 e. The molecule has 0 radical (unpaired) electrons. The number of nitrogens with one attached hydrogen (secondary N) is 1. The summed E-state index contributed by atoms with van der Waals surface area (Å²) in [7, 11) is -1.21. The molecule has 1 aromatic heterocycles. The Bertz CT molecular complexity index is 1470. The van der Waals surface area contributed by atoms with Gasteiger partial charge in [0.1, 0.15) is 19.4 Å². The average Bonchev–Trinajstić information content (AvgIpc) is 3.36. The Morgan fingerprint density at radius 3 is 2.51 bits per heavy atom. The van der Waals surface area contributed by atoms with Crippen molar-refractivity contribution in [1.29, 1.82) is 0 Å². The first-order valence-corrected chi connectivity index (χ1v) is 19.8. The minimum Gasteiger partial charge on any atom is -0.445 e. The van der Waals surface area contributed by atoms with Crippen LogP contribution in [0.4, 0.5) is 4.79 Å². The van der Waals surface area contributed by atoms with Crippen LogP contribution in [0.15, 0.2) is 48.5 Å². The number of para-hydroxylation sites is 1. The van der Waals surface area contributed by atoms with E-state index in [-0.39, 0.29) is 19.1 Å². The van der Waals surface area contributed by atoms with Crippen LogP contribution in [0, 0.1) is 12.8 Å². The zero-order chi connectivity index (χ0) is 32.2. The maximum absolute atomic E-state index is 14.1. The highest BCUT2D eigenvalue weighted by Gasteiger charge is 2.40. The highest BCUT2D eigenvalue weighted by molar-refractivity contribution is 6.76. The van der Waals surface area contributed by atoms with Gasteiger partial charge in [0.2, 0.25) is 5.91 Å². The second-order valence-corrected chi connectivity index (χ2v) is 19.8. The second kappa shape index (κ2) is 14.0. The van der Waals surface area contributed by atoms with Gasteiger partial charge in [-0.05, 0) is 37.9 Å². The Kier molecular flexibility index (Phi) is 10.3. The van der Waals surface area contributed by atoms with Crippen molar-refractivity contribution in [3.63, 3.8) is 0 Å². The van der Waals surface area contributed by atoms with E-state index in [1.807, 2.05) is 54.9 Å². The van der Waals surface area contributed by atoms with Crippen LogP contribution in [-0.4, -0.2) is 91.7 Å². The Labute approximate surface area is 268 Å². The minimum absolute atomic E-state index is 0.137. The Balaban J connectivity index is 1.32. The summed E-state index contributed by atoms with van der Waals surface area (Å²) in [6, 6.07) is 16.3. The third-order valence-corrected chi connectivity index (χ3v) is 10.4. The lowest BCUT2D eigenvalue weighted by atomic mass is 9.95. The van der Waals surface area contributed by atoms with E-state index in [1.54, 1.807) is 4.90 Å². The van der Waals surface area contributed by atoms with Crippen LogP contribution in [-0.2, 0) is 37.9 Å². The van der Waals surface area contributed by atoms with E-state index in [0.717, 1.165) is 40.3 Å². The van der Waals surface area contributed by atoms with Crippen LogP contribution in [0.5, 0.6) is 0 Å². The Morgan fingerprint density at radius 2 is 1.82 bits per heavy atom. The van der Waals surface area contributed by atoms with Crippen molar-refractivity contribution in [2.45, 2.75) is 71.4 Å². The quantitative estimate of drug-likeness (QED) is 0.222. The zero-order valence-corrected chi connectivity index (χ0v) is 28.7. The number of hydrogen-bond acceptors (Lipinski definition) is 7. The van der Waals surface area contributed by atoms with E-state index >= 15 is 0 Å². The number of aryl methyl sites for hydroxylation is 1. The molecule has 0 saturated carbocycles. The van der Waals surface area contributed by atoms with E-state index in [0.29, 0.717) is 45.6 Å². The summed E-state index contributed by atoms with van der Waals surface area (Å²) in [5.41, 5.74) is 3.05. The molecule has 2 saturated heterocycles. The number of fused-ring (bicyclic) bond motifs is 1. The van der Waals surface area contributed by atoms with E-state index in [4.69, 9.17) is 19.3 Å². The number of piperazine rings is 1. The number of ether oxygens (including phenoxy) is 3. The van der Waals surface area contributed by atoms with Gasteiger partial charge in [0.15, 0.2) is 0 Å². The molecule has 45 heavy (non-hydrogen) atoms. The number of hydrogen-bond donors (Lipinski definition) is 1. The lowest BCUT2D eigenvalue weighted by Gasteiger charge is -2.43. The molecular weight excluding hydrogens is 586 g/mol. The maximum atomic E-state index is 14.1. The molecule has 2 fully saturated rings. The molecule has 0 spiro atoms. The highest BCUT2D eigenvalue weighted by Crippen LogP contribution is 2.30. The fraction of sp³-hybridized carbons (Fsp3) is 0.559. The number of carbonyl (C=O) groups is 2. The summed E-state index contributed by atoms with van der Waals surface area (Å²) >= 11 is 0. The first kappa shape index (κ1) is 33.1. The lowest BCUT2D eigenvalue weighted by molar-refractivity contribution is -0.132. The Hall–Kier alpha value is -3.25. The van der Waals surface area contributed by atoms with Crippen molar-refractivity contribution in [2.75, 3.05) is 46.0 Å². The van der Waals surface area contributed by atoms with Gasteiger partial charge < -0.3 is 24.4 Å². The molecule has 5 rings (SSSR count). The lowest BCUT2D eigenvalue weighted by Crippen LogP contribution is -2.63. The van der Waals surface area contributed by atoms with Crippen LogP contribution in [0.2, 0.25) is 25.7 Å². The molecular formula is C34H49N5O5Si. The summed E-state index contributed by atoms with van der Waals surface area (Å²) in [6.45, 7) is 17.8. The van der Waals surface area contributed by atoms with E-state index < -0.39 is 25.7 Å². The molecule has 0 aliphatic carbocycles. The van der Waals surface area contributed by atoms with Gasteiger partial charge in [-0.3, -0.25) is 9.69 Å². The molecule has 2 aliphatic rings. The Morgan fingerprint density at radius 1 is 1.07 bits per heavy atom. The molecule has 0 bridgehead atoms. The number of rotatable bonds is 12. The first-order chi connectivity index (χ1) is 21.4.